The van der Waals surface area contributed by atoms with Gasteiger partial charge in [-0.25, -0.2) is 9.97 Å². The van der Waals surface area contributed by atoms with Crippen LogP contribution in [0.25, 0.3) is 10.2 Å². The summed E-state index contributed by atoms with van der Waals surface area (Å²) in [5.74, 6) is 1.76. The number of hydrogen-bond donors (Lipinski definition) is 1. The Hall–Kier alpha value is -3.18. The lowest BCUT2D eigenvalue weighted by molar-refractivity contribution is -0.131. The van der Waals surface area contributed by atoms with E-state index in [2.05, 4.69) is 26.3 Å². The Morgan fingerprint density at radius 2 is 2.10 bits per heavy atom. The number of benzene rings is 1. The molecule has 0 atom stereocenters. The van der Waals surface area contributed by atoms with E-state index in [-0.39, 0.29) is 24.0 Å². The molecule has 146 valence electrons. The highest BCUT2D eigenvalue weighted by Crippen LogP contribution is 2.35. The predicted molar refractivity (Wildman–Crippen MR) is 110 cm³/mol. The van der Waals surface area contributed by atoms with E-state index in [4.69, 9.17) is 10.00 Å². The number of ether oxygens (including phenoxy) is 1. The van der Waals surface area contributed by atoms with Crippen molar-refractivity contribution in [1.82, 2.24) is 15.3 Å². The van der Waals surface area contributed by atoms with Gasteiger partial charge < -0.3 is 15.0 Å². The van der Waals surface area contributed by atoms with Crippen LogP contribution in [0.3, 0.4) is 0 Å². The molecular formula is C21H19N5O2S. The molecule has 1 N–H and O–H groups in total. The molecule has 5 rings (SSSR count). The maximum Gasteiger partial charge on any atom is 0.223 e. The number of para-hydroxylation sites is 1. The molecule has 1 amide bonds. The highest BCUT2D eigenvalue weighted by molar-refractivity contribution is 7.16. The largest absolute Gasteiger partial charge is 0.488 e. The van der Waals surface area contributed by atoms with Crippen LogP contribution in [-0.4, -0.2) is 41.1 Å². The normalized spacial score (nSPS) is 21.1. The Balaban J connectivity index is 1.08. The van der Waals surface area contributed by atoms with Crippen molar-refractivity contribution in [3.63, 3.8) is 0 Å². The number of nitrogens with zero attached hydrogens (tertiary/aromatic N) is 4. The number of carbonyl (C=O) groups excluding carboxylic acids is 1. The van der Waals surface area contributed by atoms with Crippen molar-refractivity contribution in [2.45, 2.75) is 25.0 Å². The minimum absolute atomic E-state index is 0.0109. The molecule has 1 aliphatic heterocycles. The van der Waals surface area contributed by atoms with Crippen molar-refractivity contribution in [2.24, 2.45) is 5.92 Å². The molecule has 0 radical (unpaired) electrons. The number of nitriles is 1. The van der Waals surface area contributed by atoms with Gasteiger partial charge in [-0.15, -0.1) is 11.3 Å². The van der Waals surface area contributed by atoms with Crippen molar-refractivity contribution in [2.75, 3.05) is 18.0 Å². The van der Waals surface area contributed by atoms with Gasteiger partial charge in [0.05, 0.1) is 21.8 Å². The zero-order valence-electron chi connectivity index (χ0n) is 15.6. The first-order valence-electron chi connectivity index (χ1n) is 9.60. The maximum atomic E-state index is 12.5. The Labute approximate surface area is 171 Å². The van der Waals surface area contributed by atoms with Crippen LogP contribution in [0.15, 0.2) is 42.0 Å². The van der Waals surface area contributed by atoms with Gasteiger partial charge in [-0.05, 0) is 37.1 Å². The average Bonchev–Trinajstić information content (AvgIpc) is 3.16. The lowest BCUT2D eigenvalue weighted by Crippen LogP contribution is -2.61. The molecule has 0 bridgehead atoms. The first-order chi connectivity index (χ1) is 14.2. The van der Waals surface area contributed by atoms with Crippen LogP contribution in [0.1, 0.15) is 18.4 Å². The number of anilines is 1. The smallest absolute Gasteiger partial charge is 0.223 e. The van der Waals surface area contributed by atoms with Crippen molar-refractivity contribution < 1.29 is 9.53 Å². The van der Waals surface area contributed by atoms with Gasteiger partial charge in [0.25, 0.3) is 0 Å². The van der Waals surface area contributed by atoms with Crippen molar-refractivity contribution in [3.05, 3.63) is 47.6 Å². The summed E-state index contributed by atoms with van der Waals surface area (Å²) in [5, 5.41) is 12.0. The van der Waals surface area contributed by atoms with Crippen LogP contribution in [0.2, 0.25) is 0 Å². The molecule has 29 heavy (non-hydrogen) atoms. The molecule has 2 fully saturated rings. The minimum atomic E-state index is 0.0109. The lowest BCUT2D eigenvalue weighted by Gasteiger charge is -2.42. The molecule has 2 aliphatic rings. The number of hydrogen-bond acceptors (Lipinski definition) is 7. The summed E-state index contributed by atoms with van der Waals surface area (Å²) in [5.41, 5.74) is 3.27. The van der Waals surface area contributed by atoms with E-state index in [9.17, 15) is 4.79 Å². The quantitative estimate of drug-likeness (QED) is 0.702. The number of carbonyl (C=O) groups is 1. The second-order valence-electron chi connectivity index (χ2n) is 7.49. The highest BCUT2D eigenvalue weighted by Gasteiger charge is 2.38. The Morgan fingerprint density at radius 3 is 2.86 bits per heavy atom. The molecule has 0 unspecified atom stereocenters. The van der Waals surface area contributed by atoms with Crippen LogP contribution < -0.4 is 15.0 Å². The van der Waals surface area contributed by atoms with Crippen LogP contribution in [0, 0.1) is 17.2 Å². The molecule has 1 saturated carbocycles. The fraction of sp³-hybridized carbons (Fsp3) is 0.333. The van der Waals surface area contributed by atoms with Crippen molar-refractivity contribution in [3.8, 4) is 11.8 Å². The first kappa shape index (κ1) is 17.9. The summed E-state index contributed by atoms with van der Waals surface area (Å²) in [6, 6.07) is 11.8. The number of nitrogens with one attached hydrogen (secondary N) is 1. The van der Waals surface area contributed by atoms with Gasteiger partial charge >= 0.3 is 0 Å². The summed E-state index contributed by atoms with van der Waals surface area (Å²) in [7, 11) is 0. The van der Waals surface area contributed by atoms with Gasteiger partial charge in [0.1, 0.15) is 29.3 Å². The number of pyridine rings is 1. The number of amides is 1. The van der Waals surface area contributed by atoms with Gasteiger partial charge in [-0.3, -0.25) is 4.79 Å². The first-order valence-corrected chi connectivity index (χ1v) is 10.5. The summed E-state index contributed by atoms with van der Waals surface area (Å²) in [4.78, 5) is 23.2. The molecule has 1 aromatic carbocycles. The fourth-order valence-electron chi connectivity index (χ4n) is 3.73. The molecule has 3 heterocycles. The van der Waals surface area contributed by atoms with Gasteiger partial charge in [-0.1, -0.05) is 6.07 Å². The topological polar surface area (TPSA) is 91.1 Å². The van der Waals surface area contributed by atoms with Gasteiger partial charge in [0.2, 0.25) is 5.91 Å². The molecular weight excluding hydrogens is 386 g/mol. The number of thiazole rings is 1. The average molecular weight is 405 g/mol. The Morgan fingerprint density at radius 1 is 1.24 bits per heavy atom. The molecule has 2 aromatic heterocycles. The predicted octanol–water partition coefficient (Wildman–Crippen LogP) is 2.73. The number of aromatic nitrogens is 2. The Bertz CT molecular complexity index is 1080. The van der Waals surface area contributed by atoms with Crippen molar-refractivity contribution in [1.29, 1.82) is 5.26 Å². The number of fused-ring (bicyclic) bond motifs is 1. The van der Waals surface area contributed by atoms with Crippen LogP contribution in [0.5, 0.6) is 5.75 Å². The number of rotatable bonds is 5. The van der Waals surface area contributed by atoms with Crippen molar-refractivity contribution >= 4 is 33.3 Å². The third-order valence-electron chi connectivity index (χ3n) is 5.51. The summed E-state index contributed by atoms with van der Waals surface area (Å²) in [6.07, 6.45) is 3.11. The van der Waals surface area contributed by atoms with E-state index in [1.165, 1.54) is 0 Å². The lowest BCUT2D eigenvalue weighted by atomic mass is 9.81. The third kappa shape index (κ3) is 3.49. The molecule has 1 saturated heterocycles. The van der Waals surface area contributed by atoms with Crippen LogP contribution in [-0.2, 0) is 4.79 Å². The van der Waals surface area contributed by atoms with Gasteiger partial charge in [-0.2, -0.15) is 5.26 Å². The second-order valence-corrected chi connectivity index (χ2v) is 8.38. The summed E-state index contributed by atoms with van der Waals surface area (Å²) >= 11 is 1.60. The fourth-order valence-corrected chi connectivity index (χ4v) is 4.42. The summed E-state index contributed by atoms with van der Waals surface area (Å²) < 4.78 is 7.18. The van der Waals surface area contributed by atoms with Gasteiger partial charge in [0.15, 0.2) is 0 Å². The molecule has 1 aliphatic carbocycles. The maximum absolute atomic E-state index is 12.5. The summed E-state index contributed by atoms with van der Waals surface area (Å²) in [6.45, 7) is 1.48. The van der Waals surface area contributed by atoms with E-state index < -0.39 is 0 Å². The monoisotopic (exact) mass is 405 g/mol. The van der Waals surface area contributed by atoms with E-state index in [1.54, 1.807) is 23.6 Å². The van der Waals surface area contributed by atoms with Crippen LogP contribution in [0.4, 0.5) is 5.82 Å². The minimum Gasteiger partial charge on any atom is -0.488 e. The molecule has 0 spiro atoms. The highest BCUT2D eigenvalue weighted by atomic mass is 32.1. The second kappa shape index (κ2) is 7.33. The van der Waals surface area contributed by atoms with E-state index in [0.717, 1.165) is 47.7 Å². The van der Waals surface area contributed by atoms with E-state index >= 15 is 0 Å². The van der Waals surface area contributed by atoms with E-state index in [0.29, 0.717) is 5.56 Å². The molecule has 8 heteroatoms. The van der Waals surface area contributed by atoms with Crippen LogP contribution >= 0.6 is 11.3 Å². The zero-order chi connectivity index (χ0) is 19.8. The third-order valence-corrected chi connectivity index (χ3v) is 6.31. The molecule has 3 aromatic rings. The SMILES string of the molecule is N#Cc1ccc(N2CC(NC(=O)C3CC(Oc4cccc5scnc45)C3)C2)nc1. The van der Waals surface area contributed by atoms with E-state index in [1.807, 2.05) is 29.8 Å². The Kier molecular flexibility index (Phi) is 4.52. The zero-order valence-corrected chi connectivity index (χ0v) is 16.4. The van der Waals surface area contributed by atoms with Gasteiger partial charge in [0, 0.05) is 25.2 Å². The standard InChI is InChI=1S/C21H19N5O2S/c22-8-13-4-5-19(23-9-13)26-10-15(11-26)25-21(27)14-6-16(7-14)28-17-2-1-3-18-20(17)24-12-29-18/h1-5,9,12,14-16H,6-7,10-11H2,(H,25,27). The molecule has 7 nitrogen and oxygen atoms in total.